The maximum atomic E-state index is 5.58. The fraction of sp³-hybridized carbons (Fsp3) is 0.333. The first kappa shape index (κ1) is 21.4. The van der Waals surface area contributed by atoms with E-state index in [-0.39, 0.29) is 0 Å². The van der Waals surface area contributed by atoms with E-state index in [1.54, 1.807) is 0 Å². The average Bonchev–Trinajstić information content (AvgIpc) is 3.57. The number of aromatic nitrogens is 4. The number of nitrogens with two attached hydrogens (primary N) is 1. The van der Waals surface area contributed by atoms with E-state index in [1.807, 2.05) is 18.3 Å². The van der Waals surface area contributed by atoms with Crippen molar-refractivity contribution in [3.8, 4) is 23.1 Å². The topological polar surface area (TPSA) is 86.6 Å². The molecule has 6 nitrogen and oxygen atoms in total. The predicted molar refractivity (Wildman–Crippen MR) is 133 cm³/mol. The van der Waals surface area contributed by atoms with E-state index >= 15 is 0 Å². The molecule has 4 N–H and O–H groups in total. The molecule has 6 heteroatoms. The standard InChI is InChI=1S/C27H30N6/c1-33-16-4-5-25(33)27-29-18-24(32-27)21-12-9-19(10-13-21)7-8-20-11-14-22-23(17-20)31-26(30-22)6-2-3-15-28/h9-14,17-18,25H,2-6,15-16,28H2,1H3,(H,29,32)(H,30,31). The monoisotopic (exact) mass is 438 g/mol. The van der Waals surface area contributed by atoms with Crippen molar-refractivity contribution < 1.29 is 0 Å². The van der Waals surface area contributed by atoms with Crippen molar-refractivity contribution in [1.29, 1.82) is 0 Å². The molecular weight excluding hydrogens is 408 g/mol. The van der Waals surface area contributed by atoms with E-state index in [2.05, 4.69) is 74.1 Å². The predicted octanol–water partition coefficient (Wildman–Crippen LogP) is 4.40. The first-order valence-electron chi connectivity index (χ1n) is 11.8. The second-order valence-corrected chi connectivity index (χ2v) is 8.81. The molecule has 0 amide bonds. The number of hydrogen-bond donors (Lipinski definition) is 3. The molecule has 5 rings (SSSR count). The number of nitrogens with one attached hydrogen (secondary N) is 2. The van der Waals surface area contributed by atoms with Crippen LogP contribution in [0.2, 0.25) is 0 Å². The zero-order valence-electron chi connectivity index (χ0n) is 19.1. The van der Waals surface area contributed by atoms with Crippen molar-refractivity contribution >= 4 is 11.0 Å². The molecule has 1 unspecified atom stereocenters. The number of H-pyrrole nitrogens is 2. The molecule has 1 atom stereocenters. The molecule has 2 aromatic carbocycles. The van der Waals surface area contributed by atoms with Crippen molar-refractivity contribution in [2.24, 2.45) is 5.73 Å². The van der Waals surface area contributed by atoms with Gasteiger partial charge in [-0.1, -0.05) is 24.0 Å². The van der Waals surface area contributed by atoms with Crippen LogP contribution >= 0.6 is 0 Å². The normalized spacial score (nSPS) is 16.2. The van der Waals surface area contributed by atoms with E-state index in [9.17, 15) is 0 Å². The SMILES string of the molecule is CN1CCCC1c1ncc(-c2ccc(C#Cc3ccc4nc(CCCCN)[nH]c4c3)cc2)[nH]1. The number of fused-ring (bicyclic) bond motifs is 1. The van der Waals surface area contributed by atoms with Gasteiger partial charge in [0.25, 0.3) is 0 Å². The zero-order valence-corrected chi connectivity index (χ0v) is 19.1. The first-order valence-corrected chi connectivity index (χ1v) is 11.8. The molecular formula is C27H30N6. The third-order valence-electron chi connectivity index (χ3n) is 6.38. The summed E-state index contributed by atoms with van der Waals surface area (Å²) in [5.74, 6) is 8.63. The smallest absolute Gasteiger partial charge is 0.123 e. The number of likely N-dealkylation sites (tertiary alicyclic amines) is 1. The van der Waals surface area contributed by atoms with E-state index in [4.69, 9.17) is 5.73 Å². The Labute approximate surface area is 194 Å². The molecule has 4 aromatic rings. The Morgan fingerprint density at radius 1 is 1.06 bits per heavy atom. The highest BCUT2D eigenvalue weighted by molar-refractivity contribution is 5.77. The van der Waals surface area contributed by atoms with Crippen LogP contribution in [0.3, 0.4) is 0 Å². The van der Waals surface area contributed by atoms with E-state index in [0.717, 1.165) is 83.8 Å². The van der Waals surface area contributed by atoms with Crippen LogP contribution in [0.25, 0.3) is 22.3 Å². The fourth-order valence-electron chi connectivity index (χ4n) is 4.48. The second-order valence-electron chi connectivity index (χ2n) is 8.81. The molecule has 0 aliphatic carbocycles. The van der Waals surface area contributed by atoms with E-state index in [0.29, 0.717) is 6.04 Å². The largest absolute Gasteiger partial charge is 0.342 e. The minimum Gasteiger partial charge on any atom is -0.342 e. The van der Waals surface area contributed by atoms with Gasteiger partial charge >= 0.3 is 0 Å². The minimum absolute atomic E-state index is 0.401. The van der Waals surface area contributed by atoms with Crippen LogP contribution in [0, 0.1) is 11.8 Å². The van der Waals surface area contributed by atoms with Crippen molar-refractivity contribution in [3.63, 3.8) is 0 Å². The highest BCUT2D eigenvalue weighted by Gasteiger charge is 2.25. The summed E-state index contributed by atoms with van der Waals surface area (Å²) in [5, 5.41) is 0. The maximum Gasteiger partial charge on any atom is 0.123 e. The van der Waals surface area contributed by atoms with Crippen molar-refractivity contribution in [1.82, 2.24) is 24.8 Å². The van der Waals surface area contributed by atoms with Gasteiger partial charge in [0.1, 0.15) is 11.6 Å². The summed E-state index contributed by atoms with van der Waals surface area (Å²) in [6, 6.07) is 14.9. The van der Waals surface area contributed by atoms with Gasteiger partial charge < -0.3 is 15.7 Å². The van der Waals surface area contributed by atoms with Crippen molar-refractivity contribution in [2.45, 2.75) is 38.1 Å². The third kappa shape index (κ3) is 4.85. The van der Waals surface area contributed by atoms with Gasteiger partial charge in [0.05, 0.1) is 29.0 Å². The van der Waals surface area contributed by atoms with Crippen LogP contribution in [0.4, 0.5) is 0 Å². The van der Waals surface area contributed by atoms with Crippen LogP contribution < -0.4 is 5.73 Å². The highest BCUT2D eigenvalue weighted by atomic mass is 15.2. The number of aromatic amines is 2. The number of imidazole rings is 2. The third-order valence-corrected chi connectivity index (χ3v) is 6.38. The minimum atomic E-state index is 0.401. The average molecular weight is 439 g/mol. The summed E-state index contributed by atoms with van der Waals surface area (Å²) in [6.07, 6.45) is 7.33. The molecule has 0 saturated carbocycles. The molecule has 0 spiro atoms. The number of rotatable bonds is 6. The lowest BCUT2D eigenvalue weighted by molar-refractivity contribution is 0.307. The summed E-state index contributed by atoms with van der Waals surface area (Å²) in [5.41, 5.74) is 11.7. The Bertz CT molecular complexity index is 1290. The van der Waals surface area contributed by atoms with Gasteiger partial charge in [0, 0.05) is 17.5 Å². The first-order chi connectivity index (χ1) is 16.2. The molecule has 1 saturated heterocycles. The highest BCUT2D eigenvalue weighted by Crippen LogP contribution is 2.29. The zero-order chi connectivity index (χ0) is 22.6. The molecule has 1 aliphatic rings. The van der Waals surface area contributed by atoms with Crippen LogP contribution in [-0.2, 0) is 6.42 Å². The Morgan fingerprint density at radius 2 is 1.88 bits per heavy atom. The van der Waals surface area contributed by atoms with Crippen LogP contribution in [0.15, 0.2) is 48.7 Å². The quantitative estimate of drug-likeness (QED) is 0.308. The van der Waals surface area contributed by atoms with Gasteiger partial charge in [-0.25, -0.2) is 9.97 Å². The van der Waals surface area contributed by atoms with Crippen molar-refractivity contribution in [3.05, 3.63) is 71.4 Å². The lowest BCUT2D eigenvalue weighted by Crippen LogP contribution is -2.18. The number of unbranched alkanes of at least 4 members (excludes halogenated alkanes) is 1. The molecule has 1 fully saturated rings. The van der Waals surface area contributed by atoms with E-state index < -0.39 is 0 Å². The lowest BCUT2D eigenvalue weighted by Gasteiger charge is -2.16. The fourth-order valence-corrected chi connectivity index (χ4v) is 4.48. The molecule has 168 valence electrons. The van der Waals surface area contributed by atoms with Crippen molar-refractivity contribution in [2.75, 3.05) is 20.1 Å². The Hall–Kier alpha value is -3.40. The van der Waals surface area contributed by atoms with Gasteiger partial charge in [-0.05, 0) is 81.7 Å². The van der Waals surface area contributed by atoms with E-state index in [1.165, 1.54) is 6.42 Å². The Morgan fingerprint density at radius 3 is 2.67 bits per heavy atom. The number of aryl methyl sites for hydroxylation is 1. The molecule has 0 radical (unpaired) electrons. The van der Waals surface area contributed by atoms with Gasteiger partial charge in [-0.2, -0.15) is 0 Å². The molecule has 1 aliphatic heterocycles. The molecule has 33 heavy (non-hydrogen) atoms. The van der Waals surface area contributed by atoms with Gasteiger partial charge in [0.15, 0.2) is 0 Å². The van der Waals surface area contributed by atoms with Crippen LogP contribution in [0.5, 0.6) is 0 Å². The van der Waals surface area contributed by atoms with Gasteiger partial charge in [-0.15, -0.1) is 0 Å². The lowest BCUT2D eigenvalue weighted by atomic mass is 10.1. The number of nitrogens with zero attached hydrogens (tertiary/aromatic N) is 3. The number of hydrogen-bond acceptors (Lipinski definition) is 4. The van der Waals surface area contributed by atoms with Gasteiger partial charge in [-0.3, -0.25) is 4.90 Å². The second kappa shape index (κ2) is 9.62. The Balaban J connectivity index is 1.27. The number of benzene rings is 2. The summed E-state index contributed by atoms with van der Waals surface area (Å²) >= 11 is 0. The summed E-state index contributed by atoms with van der Waals surface area (Å²) < 4.78 is 0. The summed E-state index contributed by atoms with van der Waals surface area (Å²) in [4.78, 5) is 18.6. The van der Waals surface area contributed by atoms with Gasteiger partial charge in [0.2, 0.25) is 0 Å². The molecule has 3 heterocycles. The Kier molecular flexibility index (Phi) is 6.25. The van der Waals surface area contributed by atoms with Crippen LogP contribution in [-0.4, -0.2) is 45.0 Å². The summed E-state index contributed by atoms with van der Waals surface area (Å²) in [6.45, 7) is 1.86. The molecule has 2 aromatic heterocycles. The molecule has 0 bridgehead atoms. The van der Waals surface area contributed by atoms with Crippen LogP contribution in [0.1, 0.15) is 54.5 Å². The maximum absolute atomic E-state index is 5.58. The summed E-state index contributed by atoms with van der Waals surface area (Å²) in [7, 11) is 2.17.